The molecule has 0 aliphatic carbocycles. The lowest BCUT2D eigenvalue weighted by Gasteiger charge is -2.14. The van der Waals surface area contributed by atoms with Crippen LogP contribution < -0.4 is 10.6 Å². The van der Waals surface area contributed by atoms with Crippen LogP contribution in [0.25, 0.3) is 0 Å². The van der Waals surface area contributed by atoms with Gasteiger partial charge in [0.05, 0.1) is 5.56 Å². The van der Waals surface area contributed by atoms with Gasteiger partial charge in [0.25, 0.3) is 5.91 Å². The van der Waals surface area contributed by atoms with Crippen molar-refractivity contribution < 1.29 is 19.1 Å². The number of ether oxygens (including phenoxy) is 1. The Morgan fingerprint density at radius 3 is 2.43 bits per heavy atom. The van der Waals surface area contributed by atoms with Crippen LogP contribution in [0.2, 0.25) is 0 Å². The van der Waals surface area contributed by atoms with E-state index in [-0.39, 0.29) is 0 Å². The number of amides is 3. The van der Waals surface area contributed by atoms with E-state index in [9.17, 15) is 14.4 Å². The largest absolute Gasteiger partial charge is 0.449 e. The summed E-state index contributed by atoms with van der Waals surface area (Å²) in [6, 6.07) is 8.19. The molecule has 2 rings (SSSR count). The van der Waals surface area contributed by atoms with E-state index in [1.165, 1.54) is 25.7 Å². The lowest BCUT2D eigenvalue weighted by atomic mass is 10.1. The number of nitrogens with zero attached hydrogens (tertiary/aromatic N) is 2. The topological polar surface area (TPSA) is 110 Å². The number of nitrogens with one attached hydrogen (secondary N) is 2. The number of rotatable bonds is 6. The molecular formula is C19H22N4O4S. The Morgan fingerprint density at radius 1 is 1.14 bits per heavy atom. The molecule has 3 amide bonds. The summed E-state index contributed by atoms with van der Waals surface area (Å²) in [5, 5.41) is 4.95. The standard InChI is InChI=1S/C19H22N4O4S/c1-11-9-12(2)22-19(21-11)28-10-14-7-5-6-8-15(14)17(25)27-13(3)16(24)23-18(26)20-4/h5-9,13H,10H2,1-4H3,(H2,20,23,24,26)/t13-/m0/s1. The maximum atomic E-state index is 12.5. The zero-order chi connectivity index (χ0) is 20.7. The minimum atomic E-state index is -1.12. The van der Waals surface area contributed by atoms with Gasteiger partial charge < -0.3 is 10.1 Å². The van der Waals surface area contributed by atoms with Crippen LogP contribution >= 0.6 is 11.8 Å². The summed E-state index contributed by atoms with van der Waals surface area (Å²) in [4.78, 5) is 44.3. The number of aryl methyl sites for hydroxylation is 2. The Labute approximate surface area is 167 Å². The van der Waals surface area contributed by atoms with Crippen molar-refractivity contribution in [1.29, 1.82) is 0 Å². The molecule has 0 saturated heterocycles. The minimum Gasteiger partial charge on any atom is -0.449 e. The molecule has 2 N–H and O–H groups in total. The van der Waals surface area contributed by atoms with E-state index in [0.717, 1.165) is 17.0 Å². The van der Waals surface area contributed by atoms with Crippen molar-refractivity contribution in [3.8, 4) is 0 Å². The second-order valence-corrected chi connectivity index (χ2v) is 6.94. The predicted octanol–water partition coefficient (Wildman–Crippen LogP) is 2.39. The third-order valence-electron chi connectivity index (χ3n) is 3.67. The number of hydrogen-bond donors (Lipinski definition) is 2. The highest BCUT2D eigenvalue weighted by Gasteiger charge is 2.22. The van der Waals surface area contributed by atoms with Crippen molar-refractivity contribution in [3.63, 3.8) is 0 Å². The minimum absolute atomic E-state index is 0.346. The molecule has 148 valence electrons. The fourth-order valence-corrected chi connectivity index (χ4v) is 3.25. The van der Waals surface area contributed by atoms with Gasteiger partial charge in [-0.3, -0.25) is 10.1 Å². The molecule has 9 heteroatoms. The van der Waals surface area contributed by atoms with Crippen molar-refractivity contribution in [2.75, 3.05) is 7.05 Å². The molecule has 0 fully saturated rings. The van der Waals surface area contributed by atoms with E-state index < -0.39 is 24.0 Å². The first-order valence-corrected chi connectivity index (χ1v) is 9.55. The number of aromatic nitrogens is 2. The summed E-state index contributed by atoms with van der Waals surface area (Å²) in [5.41, 5.74) is 2.83. The average molecular weight is 402 g/mol. The zero-order valence-electron chi connectivity index (χ0n) is 16.1. The summed E-state index contributed by atoms with van der Waals surface area (Å²) in [5.74, 6) is -0.882. The summed E-state index contributed by atoms with van der Waals surface area (Å²) in [6.07, 6.45) is -1.12. The predicted molar refractivity (Wildman–Crippen MR) is 105 cm³/mol. The molecule has 1 atom stereocenters. The van der Waals surface area contributed by atoms with Gasteiger partial charge >= 0.3 is 12.0 Å². The van der Waals surface area contributed by atoms with Gasteiger partial charge in [-0.15, -0.1) is 0 Å². The van der Waals surface area contributed by atoms with E-state index in [1.54, 1.807) is 12.1 Å². The first-order chi connectivity index (χ1) is 13.3. The molecule has 8 nitrogen and oxygen atoms in total. The van der Waals surface area contributed by atoms with Crippen LogP contribution in [0.1, 0.15) is 34.2 Å². The Kier molecular flexibility index (Phi) is 7.51. The summed E-state index contributed by atoms with van der Waals surface area (Å²) in [7, 11) is 1.38. The number of hydrogen-bond acceptors (Lipinski definition) is 7. The number of urea groups is 1. The lowest BCUT2D eigenvalue weighted by Crippen LogP contribution is -2.43. The SMILES string of the molecule is CNC(=O)NC(=O)[C@H](C)OC(=O)c1ccccc1CSc1nc(C)cc(C)n1. The Balaban J connectivity index is 2.06. The number of thioether (sulfide) groups is 1. The number of esters is 1. The van der Waals surface area contributed by atoms with Crippen LogP contribution in [0.3, 0.4) is 0 Å². The maximum Gasteiger partial charge on any atom is 0.339 e. The molecule has 28 heavy (non-hydrogen) atoms. The van der Waals surface area contributed by atoms with E-state index in [0.29, 0.717) is 16.5 Å². The Bertz CT molecular complexity index is 868. The van der Waals surface area contributed by atoms with Gasteiger partial charge in [0.2, 0.25) is 0 Å². The van der Waals surface area contributed by atoms with E-state index in [1.807, 2.05) is 32.0 Å². The van der Waals surface area contributed by atoms with Gasteiger partial charge in [-0.1, -0.05) is 30.0 Å². The third kappa shape index (κ3) is 6.05. The van der Waals surface area contributed by atoms with Gasteiger partial charge in [-0.25, -0.2) is 19.6 Å². The van der Waals surface area contributed by atoms with Gasteiger partial charge in [0.15, 0.2) is 11.3 Å². The highest BCUT2D eigenvalue weighted by atomic mass is 32.2. The fourth-order valence-electron chi connectivity index (χ4n) is 2.30. The molecule has 0 unspecified atom stereocenters. The van der Waals surface area contributed by atoms with E-state index in [2.05, 4.69) is 20.6 Å². The number of carbonyl (C=O) groups is 3. The summed E-state index contributed by atoms with van der Waals surface area (Å²) < 4.78 is 5.20. The second kappa shape index (κ2) is 9.84. The number of benzene rings is 1. The molecule has 0 saturated carbocycles. The summed E-state index contributed by atoms with van der Waals surface area (Å²) >= 11 is 1.41. The second-order valence-electron chi connectivity index (χ2n) is 6.00. The van der Waals surface area contributed by atoms with Crippen LogP contribution in [0.5, 0.6) is 0 Å². The molecule has 0 spiro atoms. The lowest BCUT2D eigenvalue weighted by molar-refractivity contribution is -0.127. The molecule has 1 heterocycles. The van der Waals surface area contributed by atoms with Gasteiger partial charge in [0.1, 0.15) is 0 Å². The summed E-state index contributed by atoms with van der Waals surface area (Å²) in [6.45, 7) is 5.20. The Morgan fingerprint density at radius 2 is 1.79 bits per heavy atom. The Hall–Kier alpha value is -2.94. The van der Waals surface area contributed by atoms with Crippen molar-refractivity contribution in [2.45, 2.75) is 37.8 Å². The van der Waals surface area contributed by atoms with Crippen LogP contribution in [0.4, 0.5) is 4.79 Å². The smallest absolute Gasteiger partial charge is 0.339 e. The molecule has 0 aliphatic heterocycles. The molecule has 2 aromatic rings. The molecule has 1 aromatic heterocycles. The van der Waals surface area contributed by atoms with Gasteiger partial charge in [-0.05, 0) is 38.5 Å². The van der Waals surface area contributed by atoms with Gasteiger partial charge in [0, 0.05) is 24.2 Å². The van der Waals surface area contributed by atoms with Crippen molar-refractivity contribution in [2.24, 2.45) is 0 Å². The number of carbonyl (C=O) groups excluding carboxylic acids is 3. The van der Waals surface area contributed by atoms with Crippen molar-refractivity contribution in [3.05, 3.63) is 52.8 Å². The first-order valence-electron chi connectivity index (χ1n) is 8.56. The highest BCUT2D eigenvalue weighted by Crippen LogP contribution is 2.23. The molecule has 1 aromatic carbocycles. The van der Waals surface area contributed by atoms with Crippen LogP contribution in [-0.2, 0) is 15.3 Å². The molecular weight excluding hydrogens is 380 g/mol. The van der Waals surface area contributed by atoms with Crippen LogP contribution in [-0.4, -0.2) is 41.0 Å². The van der Waals surface area contributed by atoms with E-state index in [4.69, 9.17) is 4.74 Å². The molecule has 0 radical (unpaired) electrons. The monoisotopic (exact) mass is 402 g/mol. The van der Waals surface area contributed by atoms with Crippen molar-refractivity contribution in [1.82, 2.24) is 20.6 Å². The number of imide groups is 1. The quantitative estimate of drug-likeness (QED) is 0.434. The van der Waals surface area contributed by atoms with Crippen LogP contribution in [0.15, 0.2) is 35.5 Å². The third-order valence-corrected chi connectivity index (χ3v) is 4.57. The van der Waals surface area contributed by atoms with E-state index >= 15 is 0 Å². The fraction of sp³-hybridized carbons (Fsp3) is 0.316. The average Bonchev–Trinajstić information content (AvgIpc) is 2.65. The maximum absolute atomic E-state index is 12.5. The zero-order valence-corrected chi connectivity index (χ0v) is 16.9. The van der Waals surface area contributed by atoms with Crippen molar-refractivity contribution >= 4 is 29.7 Å². The molecule has 0 bridgehead atoms. The highest BCUT2D eigenvalue weighted by molar-refractivity contribution is 7.98. The van der Waals surface area contributed by atoms with Gasteiger partial charge in [-0.2, -0.15) is 0 Å². The van der Waals surface area contributed by atoms with Crippen LogP contribution in [0, 0.1) is 13.8 Å². The normalized spacial score (nSPS) is 11.4. The molecule has 0 aliphatic rings. The first kappa shape index (κ1) is 21.4.